The number of para-hydroxylation sites is 1. The third-order valence-electron chi connectivity index (χ3n) is 5.10. The Hall–Kier alpha value is -3.78. The summed E-state index contributed by atoms with van der Waals surface area (Å²) in [6.45, 7) is 6.80. The topological polar surface area (TPSA) is 155 Å². The van der Waals surface area contributed by atoms with E-state index in [1.807, 2.05) is 24.3 Å². The third kappa shape index (κ3) is 7.67. The molecular formula is C24H32N5O5+. The molecule has 10 nitrogen and oxygen atoms in total. The first-order chi connectivity index (χ1) is 16.1. The number of nitrogens with zero attached hydrogens (tertiary/aromatic N) is 1. The van der Waals surface area contributed by atoms with Crippen LogP contribution in [0.4, 0.5) is 0 Å². The molecule has 0 unspecified atom stereocenters. The van der Waals surface area contributed by atoms with Gasteiger partial charge in [0.25, 0.3) is 0 Å². The first-order valence-corrected chi connectivity index (χ1v) is 11.2. The molecule has 0 saturated carbocycles. The summed E-state index contributed by atoms with van der Waals surface area (Å²) in [5, 5.41) is 6.33. The van der Waals surface area contributed by atoms with Crippen LogP contribution in [0.25, 0.3) is 10.9 Å². The van der Waals surface area contributed by atoms with Gasteiger partial charge in [0.1, 0.15) is 12.1 Å². The molecule has 0 aliphatic heterocycles. The second-order valence-electron chi connectivity index (χ2n) is 8.59. The quantitative estimate of drug-likeness (QED) is 0.161. The Labute approximate surface area is 198 Å². The van der Waals surface area contributed by atoms with Gasteiger partial charge in [-0.25, -0.2) is 4.79 Å². The molecule has 1 aromatic heterocycles. The van der Waals surface area contributed by atoms with E-state index in [2.05, 4.69) is 20.4 Å². The minimum Gasteiger partial charge on any atom is -0.461 e. The number of carbonyl (C=O) groups is 4. The van der Waals surface area contributed by atoms with Crippen molar-refractivity contribution < 1.29 is 28.7 Å². The lowest BCUT2D eigenvalue weighted by molar-refractivity contribution is -0.152. The number of carbonyl (C=O) groups excluding carboxylic acids is 4. The summed E-state index contributed by atoms with van der Waals surface area (Å²) in [6.07, 6.45) is 2.28. The summed E-state index contributed by atoms with van der Waals surface area (Å²) in [4.78, 5) is 56.1. The number of amides is 2. The Balaban J connectivity index is 2.26. The van der Waals surface area contributed by atoms with Crippen LogP contribution in [0, 0.1) is 11.4 Å². The van der Waals surface area contributed by atoms with Crippen LogP contribution >= 0.6 is 0 Å². The number of aromatic nitrogens is 1. The highest BCUT2D eigenvalue weighted by atomic mass is 16.5. The Morgan fingerprint density at radius 2 is 1.74 bits per heavy atom. The van der Waals surface area contributed by atoms with Crippen molar-refractivity contribution in [2.75, 3.05) is 0 Å². The summed E-state index contributed by atoms with van der Waals surface area (Å²) in [5.74, 6) is -2.34. The number of fused-ring (bicyclic) bond motifs is 1. The van der Waals surface area contributed by atoms with Crippen molar-refractivity contribution in [2.45, 2.75) is 65.1 Å². The summed E-state index contributed by atoms with van der Waals surface area (Å²) < 4.78 is 5.24. The van der Waals surface area contributed by atoms with Gasteiger partial charge in [0, 0.05) is 35.9 Å². The lowest BCUT2D eigenvalue weighted by Crippen LogP contribution is -2.53. The SMILES string of the molecule is CC(C)OC(=O)[C@H](CCC(=O)C=[N+]=N)NC(=O)[C@H](Cc1c[nH]c2ccccc12)NC(=O)C(C)C. The van der Waals surface area contributed by atoms with Crippen molar-refractivity contribution in [3.8, 4) is 0 Å². The van der Waals surface area contributed by atoms with Crippen molar-refractivity contribution in [1.29, 1.82) is 5.53 Å². The highest BCUT2D eigenvalue weighted by Crippen LogP contribution is 2.19. The van der Waals surface area contributed by atoms with Crippen molar-refractivity contribution in [3.63, 3.8) is 0 Å². The number of nitrogens with one attached hydrogen (secondary N) is 4. The maximum absolute atomic E-state index is 13.2. The van der Waals surface area contributed by atoms with Crippen LogP contribution in [0.15, 0.2) is 30.5 Å². The van der Waals surface area contributed by atoms with Crippen LogP contribution in [0.1, 0.15) is 46.1 Å². The fourth-order valence-corrected chi connectivity index (χ4v) is 3.33. The van der Waals surface area contributed by atoms with E-state index < -0.39 is 35.8 Å². The summed E-state index contributed by atoms with van der Waals surface area (Å²) in [7, 11) is 0. The minimum atomic E-state index is -1.10. The van der Waals surface area contributed by atoms with Gasteiger partial charge in [-0.05, 0) is 31.9 Å². The zero-order chi connectivity index (χ0) is 25.3. The van der Waals surface area contributed by atoms with Crippen LogP contribution in [0.3, 0.4) is 0 Å². The molecule has 0 aliphatic rings. The zero-order valence-electron chi connectivity index (χ0n) is 19.9. The molecule has 10 heteroatoms. The van der Waals surface area contributed by atoms with Gasteiger partial charge >= 0.3 is 12.2 Å². The van der Waals surface area contributed by atoms with E-state index in [1.54, 1.807) is 33.9 Å². The Morgan fingerprint density at radius 3 is 2.38 bits per heavy atom. The smallest absolute Gasteiger partial charge is 0.372 e. The Kier molecular flexibility index (Phi) is 9.70. The molecular weight excluding hydrogens is 438 g/mol. The predicted octanol–water partition coefficient (Wildman–Crippen LogP) is 1.95. The first kappa shape index (κ1) is 26.5. The van der Waals surface area contributed by atoms with Gasteiger partial charge in [-0.15, -0.1) is 0 Å². The highest BCUT2D eigenvalue weighted by Gasteiger charge is 2.30. The van der Waals surface area contributed by atoms with Gasteiger partial charge in [0.15, 0.2) is 0 Å². The second-order valence-corrected chi connectivity index (χ2v) is 8.59. The monoisotopic (exact) mass is 470 g/mol. The van der Waals surface area contributed by atoms with E-state index in [0.29, 0.717) is 0 Å². The van der Waals surface area contributed by atoms with E-state index >= 15 is 0 Å². The molecule has 34 heavy (non-hydrogen) atoms. The van der Waals surface area contributed by atoms with E-state index in [9.17, 15) is 19.2 Å². The molecule has 1 heterocycles. The number of hydrogen-bond acceptors (Lipinski definition) is 6. The standard InChI is InChI=1S/C24H31N5O5/c1-14(2)22(31)29-21(11-16-12-26-19-8-6-5-7-18(16)19)23(32)28-20(24(33)34-15(3)4)10-9-17(30)13-27-25/h5-8,12-15,20-21,25-26H,9-11H2,1-4H3,(H-,28,29,31,32)/p+1/t20-,21-/m0/s1. The predicted molar refractivity (Wildman–Crippen MR) is 125 cm³/mol. The van der Waals surface area contributed by atoms with Crippen LogP contribution < -0.4 is 10.6 Å². The van der Waals surface area contributed by atoms with Crippen molar-refractivity contribution in [3.05, 3.63) is 36.0 Å². The first-order valence-electron chi connectivity index (χ1n) is 11.2. The minimum absolute atomic E-state index is 0.0277. The highest BCUT2D eigenvalue weighted by molar-refractivity contribution is 6.25. The van der Waals surface area contributed by atoms with Crippen LogP contribution in [-0.4, -0.2) is 57.7 Å². The normalized spacial score (nSPS) is 12.6. The van der Waals surface area contributed by atoms with E-state index in [1.165, 1.54) is 0 Å². The van der Waals surface area contributed by atoms with Gasteiger partial charge in [0.05, 0.1) is 16.4 Å². The molecule has 0 aliphatic carbocycles. The van der Waals surface area contributed by atoms with Crippen molar-refractivity contribution in [1.82, 2.24) is 15.6 Å². The van der Waals surface area contributed by atoms with E-state index in [4.69, 9.17) is 10.3 Å². The van der Waals surface area contributed by atoms with Gasteiger partial charge in [-0.1, -0.05) is 32.0 Å². The molecule has 1 aromatic carbocycles. The molecule has 2 atom stereocenters. The molecule has 0 bridgehead atoms. The number of benzene rings is 1. The second kappa shape index (κ2) is 12.5. The Morgan fingerprint density at radius 1 is 1.06 bits per heavy atom. The van der Waals surface area contributed by atoms with Crippen LogP contribution in [-0.2, 0) is 30.3 Å². The number of H-pyrrole nitrogens is 1. The summed E-state index contributed by atoms with van der Waals surface area (Å²) in [5.41, 5.74) is 8.50. The molecule has 182 valence electrons. The maximum Gasteiger partial charge on any atom is 0.372 e. The fraction of sp³-hybridized carbons (Fsp3) is 0.458. The summed E-state index contributed by atoms with van der Waals surface area (Å²) in [6, 6.07) is 5.56. The van der Waals surface area contributed by atoms with Gasteiger partial charge < -0.3 is 20.4 Å². The zero-order valence-corrected chi connectivity index (χ0v) is 19.9. The molecule has 0 spiro atoms. The van der Waals surface area contributed by atoms with Gasteiger partial charge in [-0.2, -0.15) is 0 Å². The lowest BCUT2D eigenvalue weighted by atomic mass is 10.0. The lowest BCUT2D eigenvalue weighted by Gasteiger charge is -2.23. The van der Waals surface area contributed by atoms with Crippen molar-refractivity contribution in [2.24, 2.45) is 5.92 Å². The van der Waals surface area contributed by atoms with E-state index in [0.717, 1.165) is 22.7 Å². The molecule has 2 rings (SSSR count). The fourth-order valence-electron chi connectivity index (χ4n) is 3.33. The summed E-state index contributed by atoms with van der Waals surface area (Å²) >= 11 is 0. The number of aromatic amines is 1. The third-order valence-corrected chi connectivity index (χ3v) is 5.10. The molecule has 2 aromatic rings. The van der Waals surface area contributed by atoms with Crippen molar-refractivity contribution >= 4 is 40.7 Å². The average Bonchev–Trinajstić information content (AvgIpc) is 3.18. The van der Waals surface area contributed by atoms with Gasteiger partial charge in [0.2, 0.25) is 17.6 Å². The maximum atomic E-state index is 13.2. The molecule has 4 N–H and O–H groups in total. The number of Topliss-reactive ketones (excluding diaryl/α,β-unsaturated/α-hetero) is 1. The van der Waals surface area contributed by atoms with Crippen LogP contribution in [0.2, 0.25) is 0 Å². The number of ether oxygens (including phenoxy) is 1. The number of esters is 1. The Bertz CT molecular complexity index is 1080. The number of hydrogen-bond donors (Lipinski definition) is 4. The molecule has 2 amide bonds. The number of rotatable bonds is 12. The molecule has 0 saturated heterocycles. The van der Waals surface area contributed by atoms with Crippen LogP contribution in [0.5, 0.6) is 0 Å². The largest absolute Gasteiger partial charge is 0.461 e. The average molecular weight is 471 g/mol. The van der Waals surface area contributed by atoms with E-state index in [-0.39, 0.29) is 31.1 Å². The number of ketones is 1. The van der Waals surface area contributed by atoms with Gasteiger partial charge in [-0.3, -0.25) is 14.4 Å². The molecule has 0 radical (unpaired) electrons. The molecule has 0 fully saturated rings.